The van der Waals surface area contributed by atoms with E-state index in [0.717, 1.165) is 21.7 Å². The lowest BCUT2D eigenvalue weighted by atomic mass is 10.1. The van der Waals surface area contributed by atoms with Gasteiger partial charge in [-0.25, -0.2) is 8.42 Å². The second-order valence-corrected chi connectivity index (χ2v) is 8.94. The van der Waals surface area contributed by atoms with Crippen molar-refractivity contribution < 1.29 is 22.7 Å². The molecule has 0 spiro atoms. The molecule has 0 radical (unpaired) electrons. The van der Waals surface area contributed by atoms with Gasteiger partial charge in [0, 0.05) is 12.1 Å². The van der Waals surface area contributed by atoms with Gasteiger partial charge >= 0.3 is 0 Å². The van der Waals surface area contributed by atoms with Crippen molar-refractivity contribution in [3.05, 3.63) is 52.5 Å². The van der Waals surface area contributed by atoms with E-state index < -0.39 is 22.5 Å². The lowest BCUT2D eigenvalue weighted by molar-refractivity contribution is -0.120. The number of amides is 1. The number of hydrogen-bond donors (Lipinski definition) is 1. The van der Waals surface area contributed by atoms with E-state index in [4.69, 9.17) is 21.1 Å². The van der Waals surface area contributed by atoms with Crippen molar-refractivity contribution in [2.45, 2.75) is 19.9 Å². The van der Waals surface area contributed by atoms with E-state index in [0.29, 0.717) is 0 Å². The van der Waals surface area contributed by atoms with E-state index in [-0.39, 0.29) is 28.3 Å². The Kier molecular flexibility index (Phi) is 7.37. The molecule has 1 N–H and O–H groups in total. The van der Waals surface area contributed by atoms with Crippen molar-refractivity contribution in [2.75, 3.05) is 31.3 Å². The number of nitrogens with one attached hydrogen (secondary N) is 1. The first-order valence-electron chi connectivity index (χ1n) is 8.82. The molecule has 29 heavy (non-hydrogen) atoms. The molecule has 1 unspecified atom stereocenters. The van der Waals surface area contributed by atoms with Gasteiger partial charge in [0.15, 0.2) is 0 Å². The molecule has 0 aliphatic carbocycles. The van der Waals surface area contributed by atoms with E-state index in [1.54, 1.807) is 0 Å². The second-order valence-electron chi connectivity index (χ2n) is 6.63. The van der Waals surface area contributed by atoms with Crippen molar-refractivity contribution in [3.63, 3.8) is 0 Å². The van der Waals surface area contributed by atoms with Crippen LogP contribution in [0.2, 0.25) is 5.02 Å². The van der Waals surface area contributed by atoms with Gasteiger partial charge < -0.3 is 14.8 Å². The number of carbonyl (C=O) groups is 1. The van der Waals surface area contributed by atoms with Crippen molar-refractivity contribution in [1.82, 2.24) is 5.32 Å². The van der Waals surface area contributed by atoms with Gasteiger partial charge in [-0.2, -0.15) is 0 Å². The average Bonchev–Trinajstić information content (AvgIpc) is 2.65. The monoisotopic (exact) mass is 440 g/mol. The minimum atomic E-state index is -3.80. The molecule has 0 saturated carbocycles. The predicted molar refractivity (Wildman–Crippen MR) is 114 cm³/mol. The van der Waals surface area contributed by atoms with Crippen molar-refractivity contribution >= 4 is 33.2 Å². The molecule has 0 aromatic heterocycles. The average molecular weight is 441 g/mol. The molecule has 0 fully saturated rings. The van der Waals surface area contributed by atoms with Gasteiger partial charge in [0.05, 0.1) is 37.2 Å². The van der Waals surface area contributed by atoms with Crippen LogP contribution in [0, 0.1) is 6.92 Å². The summed E-state index contributed by atoms with van der Waals surface area (Å²) < 4.78 is 36.3. The third kappa shape index (κ3) is 5.77. The van der Waals surface area contributed by atoms with Crippen LogP contribution in [0.15, 0.2) is 36.4 Å². The first-order valence-corrected chi connectivity index (χ1v) is 11.0. The summed E-state index contributed by atoms with van der Waals surface area (Å²) in [4.78, 5) is 12.6. The Morgan fingerprint density at radius 1 is 1.14 bits per heavy atom. The number of rotatable bonds is 8. The molecule has 0 bridgehead atoms. The van der Waals surface area contributed by atoms with Crippen LogP contribution in [0.25, 0.3) is 0 Å². The number of hydrogen-bond acceptors (Lipinski definition) is 5. The molecule has 2 aromatic rings. The molecule has 0 aliphatic rings. The number of sulfonamides is 1. The number of halogens is 1. The zero-order chi connectivity index (χ0) is 21.8. The number of ether oxygens (including phenoxy) is 2. The molecule has 2 rings (SSSR count). The molecule has 0 saturated heterocycles. The normalized spacial score (nSPS) is 12.2. The maximum atomic E-state index is 12.6. The maximum absolute atomic E-state index is 12.6. The molecule has 7 nitrogen and oxygen atoms in total. The highest BCUT2D eigenvalue weighted by Gasteiger charge is 2.26. The standard InChI is InChI=1S/C20H25ClN2O5S/c1-13-6-8-15(9-7-13)14(2)22-20(24)12-23(29(5,25)26)17-11-18(27-3)16(21)10-19(17)28-4/h6-11,14H,12H2,1-5H3,(H,22,24). The molecule has 9 heteroatoms. The predicted octanol–water partition coefficient (Wildman–Crippen LogP) is 3.31. The highest BCUT2D eigenvalue weighted by molar-refractivity contribution is 7.92. The van der Waals surface area contributed by atoms with E-state index >= 15 is 0 Å². The fraction of sp³-hybridized carbons (Fsp3) is 0.350. The maximum Gasteiger partial charge on any atom is 0.241 e. The lowest BCUT2D eigenvalue weighted by Crippen LogP contribution is -2.41. The first kappa shape index (κ1) is 22.8. The fourth-order valence-corrected chi connectivity index (χ4v) is 3.86. The topological polar surface area (TPSA) is 84.9 Å². The largest absolute Gasteiger partial charge is 0.495 e. The van der Waals surface area contributed by atoms with Gasteiger partial charge in [-0.3, -0.25) is 9.10 Å². The Hall–Kier alpha value is -2.45. The van der Waals surface area contributed by atoms with Crippen molar-refractivity contribution in [1.29, 1.82) is 0 Å². The highest BCUT2D eigenvalue weighted by Crippen LogP contribution is 2.38. The number of aryl methyl sites for hydroxylation is 1. The Morgan fingerprint density at radius 2 is 1.72 bits per heavy atom. The van der Waals surface area contributed by atoms with Gasteiger partial charge in [-0.1, -0.05) is 41.4 Å². The lowest BCUT2D eigenvalue weighted by Gasteiger charge is -2.25. The summed E-state index contributed by atoms with van der Waals surface area (Å²) in [6.07, 6.45) is 1.02. The zero-order valence-corrected chi connectivity index (χ0v) is 18.6. The van der Waals surface area contributed by atoms with Crippen LogP contribution in [0.4, 0.5) is 5.69 Å². The summed E-state index contributed by atoms with van der Waals surface area (Å²) in [5.74, 6) is 0.0182. The van der Waals surface area contributed by atoms with E-state index in [2.05, 4.69) is 5.32 Å². The zero-order valence-electron chi connectivity index (χ0n) is 17.0. The Balaban J connectivity index is 2.30. The Bertz CT molecular complexity index is 977. The Morgan fingerprint density at radius 3 is 2.24 bits per heavy atom. The summed E-state index contributed by atoms with van der Waals surface area (Å²) in [6.45, 7) is 3.39. The van der Waals surface area contributed by atoms with Crippen LogP contribution in [0.3, 0.4) is 0 Å². The Labute approximate surface area is 176 Å². The van der Waals surface area contributed by atoms with Gasteiger partial charge in [-0.15, -0.1) is 0 Å². The molecular weight excluding hydrogens is 416 g/mol. The van der Waals surface area contributed by atoms with E-state index in [9.17, 15) is 13.2 Å². The summed E-state index contributed by atoms with van der Waals surface area (Å²) >= 11 is 6.10. The van der Waals surface area contributed by atoms with Gasteiger partial charge in [0.2, 0.25) is 15.9 Å². The second kappa shape index (κ2) is 9.37. The number of nitrogens with zero attached hydrogens (tertiary/aromatic N) is 1. The smallest absolute Gasteiger partial charge is 0.241 e. The summed E-state index contributed by atoms with van der Waals surface area (Å²) in [5.41, 5.74) is 2.19. The number of benzene rings is 2. The van der Waals surface area contributed by atoms with Crippen molar-refractivity contribution in [2.24, 2.45) is 0 Å². The quantitative estimate of drug-likeness (QED) is 0.680. The minimum Gasteiger partial charge on any atom is -0.495 e. The van der Waals surface area contributed by atoms with Crippen LogP contribution >= 0.6 is 11.6 Å². The van der Waals surface area contributed by atoms with Crippen LogP contribution in [0.5, 0.6) is 11.5 Å². The van der Waals surface area contributed by atoms with Gasteiger partial charge in [0.25, 0.3) is 0 Å². The third-order valence-electron chi connectivity index (χ3n) is 4.36. The fourth-order valence-electron chi connectivity index (χ4n) is 2.78. The molecule has 2 aromatic carbocycles. The van der Waals surface area contributed by atoms with Gasteiger partial charge in [-0.05, 0) is 19.4 Å². The first-order chi connectivity index (χ1) is 13.6. The van der Waals surface area contributed by atoms with Crippen LogP contribution in [0.1, 0.15) is 24.1 Å². The SMILES string of the molecule is COc1cc(N(CC(=O)NC(C)c2ccc(C)cc2)S(C)(=O)=O)c(OC)cc1Cl. The third-order valence-corrected chi connectivity index (χ3v) is 5.79. The van der Waals surface area contributed by atoms with Crippen LogP contribution < -0.4 is 19.1 Å². The summed E-state index contributed by atoms with van der Waals surface area (Å²) in [6, 6.07) is 10.3. The molecule has 0 aliphatic heterocycles. The number of methoxy groups -OCH3 is 2. The molecule has 1 atom stereocenters. The van der Waals surface area contributed by atoms with E-state index in [1.807, 2.05) is 38.1 Å². The highest BCUT2D eigenvalue weighted by atomic mass is 35.5. The van der Waals surface area contributed by atoms with Crippen LogP contribution in [-0.2, 0) is 14.8 Å². The molecule has 0 heterocycles. The molecule has 158 valence electrons. The number of carbonyl (C=O) groups excluding carboxylic acids is 1. The summed E-state index contributed by atoms with van der Waals surface area (Å²) in [5, 5.41) is 3.09. The van der Waals surface area contributed by atoms with E-state index in [1.165, 1.54) is 26.4 Å². The van der Waals surface area contributed by atoms with Crippen LogP contribution in [-0.4, -0.2) is 41.3 Å². The minimum absolute atomic E-state index is 0.161. The molecule has 1 amide bonds. The number of anilines is 1. The molecular formula is C20H25ClN2O5S. The summed E-state index contributed by atoms with van der Waals surface area (Å²) in [7, 11) is -0.990. The van der Waals surface area contributed by atoms with Gasteiger partial charge in [0.1, 0.15) is 18.0 Å². The van der Waals surface area contributed by atoms with Crippen molar-refractivity contribution in [3.8, 4) is 11.5 Å².